The van der Waals surface area contributed by atoms with Crippen LogP contribution in [-0.2, 0) is 0 Å². The molecule has 0 aliphatic heterocycles. The smallest absolute Gasteiger partial charge is 0.183 e. The van der Waals surface area contributed by atoms with Crippen LogP contribution in [0.3, 0.4) is 0 Å². The molecule has 0 spiro atoms. The Morgan fingerprint density at radius 2 is 2.18 bits per heavy atom. The molecule has 3 rings (SSSR count). The summed E-state index contributed by atoms with van der Waals surface area (Å²) < 4.78 is 0. The summed E-state index contributed by atoms with van der Waals surface area (Å²) in [5.41, 5.74) is 1.91. The van der Waals surface area contributed by atoms with E-state index in [1.54, 1.807) is 17.5 Å². The number of aromatic amines is 1. The van der Waals surface area contributed by atoms with E-state index < -0.39 is 0 Å². The number of nitrogens with one attached hydrogen (secondary N) is 1. The summed E-state index contributed by atoms with van der Waals surface area (Å²) in [6, 6.07) is 7.94. The van der Waals surface area contributed by atoms with E-state index >= 15 is 0 Å². The molecule has 0 aliphatic carbocycles. The molecule has 0 bridgehead atoms. The minimum Gasteiger partial charge on any atom is -0.261 e. The predicted molar refractivity (Wildman–Crippen MR) is 67.7 cm³/mol. The molecule has 0 radical (unpaired) electrons. The Balaban J connectivity index is 1.98. The molecule has 0 atom stereocenters. The van der Waals surface area contributed by atoms with Crippen molar-refractivity contribution in [2.75, 3.05) is 0 Å². The van der Waals surface area contributed by atoms with Crippen LogP contribution < -0.4 is 0 Å². The van der Waals surface area contributed by atoms with E-state index in [1.165, 1.54) is 0 Å². The molecule has 84 valence electrons. The average molecular weight is 242 g/mol. The van der Waals surface area contributed by atoms with Crippen LogP contribution >= 0.6 is 11.3 Å². The lowest BCUT2D eigenvalue weighted by Crippen LogP contribution is -1.84. The van der Waals surface area contributed by atoms with Gasteiger partial charge in [0.25, 0.3) is 0 Å². The molecule has 4 nitrogen and oxygen atoms in total. The van der Waals surface area contributed by atoms with Crippen molar-refractivity contribution in [1.29, 1.82) is 0 Å². The maximum absolute atomic E-state index is 4.46. The Morgan fingerprint density at radius 3 is 2.88 bits per heavy atom. The molecule has 3 aromatic rings. The van der Waals surface area contributed by atoms with Gasteiger partial charge in [0.2, 0.25) is 0 Å². The van der Waals surface area contributed by atoms with Crippen molar-refractivity contribution in [2.45, 2.75) is 6.92 Å². The Kier molecular flexibility index (Phi) is 2.45. The van der Waals surface area contributed by atoms with Gasteiger partial charge in [-0.2, -0.15) is 5.10 Å². The highest BCUT2D eigenvalue weighted by Gasteiger charge is 2.08. The Hall–Kier alpha value is -2.01. The zero-order valence-electron chi connectivity index (χ0n) is 9.21. The Morgan fingerprint density at radius 1 is 1.24 bits per heavy atom. The van der Waals surface area contributed by atoms with Gasteiger partial charge in [0.15, 0.2) is 11.6 Å². The van der Waals surface area contributed by atoms with Gasteiger partial charge in [-0.1, -0.05) is 6.07 Å². The van der Waals surface area contributed by atoms with E-state index in [0.29, 0.717) is 5.82 Å². The van der Waals surface area contributed by atoms with Crippen molar-refractivity contribution in [2.24, 2.45) is 0 Å². The Bertz CT molecular complexity index is 610. The minimum atomic E-state index is 0.681. The second-order valence-electron chi connectivity index (χ2n) is 3.67. The SMILES string of the molecule is Cc1ccc(-c2n[nH]c(-c3cccs3)n2)cn1. The van der Waals surface area contributed by atoms with Gasteiger partial charge in [0, 0.05) is 17.5 Å². The lowest BCUT2D eigenvalue weighted by Gasteiger charge is -1.94. The highest BCUT2D eigenvalue weighted by Crippen LogP contribution is 2.23. The van der Waals surface area contributed by atoms with E-state index in [1.807, 2.05) is 36.6 Å². The predicted octanol–water partition coefficient (Wildman–Crippen LogP) is 2.90. The number of aromatic nitrogens is 4. The zero-order chi connectivity index (χ0) is 11.7. The largest absolute Gasteiger partial charge is 0.261 e. The first-order chi connectivity index (χ1) is 8.33. The van der Waals surface area contributed by atoms with Crippen LogP contribution in [0, 0.1) is 6.92 Å². The molecule has 0 amide bonds. The average Bonchev–Trinajstić information content (AvgIpc) is 3.00. The first kappa shape index (κ1) is 10.2. The highest BCUT2D eigenvalue weighted by atomic mass is 32.1. The molecule has 17 heavy (non-hydrogen) atoms. The van der Waals surface area contributed by atoms with E-state index in [-0.39, 0.29) is 0 Å². The van der Waals surface area contributed by atoms with E-state index in [9.17, 15) is 0 Å². The second kappa shape index (κ2) is 4.10. The van der Waals surface area contributed by atoms with Crippen molar-refractivity contribution in [1.82, 2.24) is 20.2 Å². The second-order valence-corrected chi connectivity index (χ2v) is 4.62. The van der Waals surface area contributed by atoms with Crippen molar-refractivity contribution < 1.29 is 0 Å². The maximum Gasteiger partial charge on any atom is 0.183 e. The van der Waals surface area contributed by atoms with E-state index in [4.69, 9.17) is 0 Å². The summed E-state index contributed by atoms with van der Waals surface area (Å²) in [6.07, 6.45) is 1.79. The van der Waals surface area contributed by atoms with Crippen molar-refractivity contribution in [3.63, 3.8) is 0 Å². The molecule has 5 heteroatoms. The summed E-state index contributed by atoms with van der Waals surface area (Å²) in [4.78, 5) is 9.78. The molecule has 0 aromatic carbocycles. The first-order valence-electron chi connectivity index (χ1n) is 5.22. The molecule has 0 aliphatic rings. The van der Waals surface area contributed by atoms with Gasteiger partial charge in [0.1, 0.15) is 0 Å². The summed E-state index contributed by atoms with van der Waals surface area (Å²) >= 11 is 1.64. The third-order valence-electron chi connectivity index (χ3n) is 2.41. The fraction of sp³-hybridized carbons (Fsp3) is 0.0833. The lowest BCUT2D eigenvalue weighted by molar-refractivity contribution is 1.10. The molecule has 0 fully saturated rings. The fourth-order valence-electron chi connectivity index (χ4n) is 1.51. The van der Waals surface area contributed by atoms with Crippen LogP contribution in [0.2, 0.25) is 0 Å². The van der Waals surface area contributed by atoms with Crippen LogP contribution in [0.5, 0.6) is 0 Å². The number of hydrogen-bond donors (Lipinski definition) is 1. The quantitative estimate of drug-likeness (QED) is 0.751. The van der Waals surface area contributed by atoms with Crippen molar-refractivity contribution in [3.05, 3.63) is 41.5 Å². The molecule has 3 aromatic heterocycles. The summed E-state index contributed by atoms with van der Waals surface area (Å²) in [5, 5.41) is 9.16. The van der Waals surface area contributed by atoms with Gasteiger partial charge in [-0.3, -0.25) is 10.1 Å². The monoisotopic (exact) mass is 242 g/mol. The number of pyridine rings is 1. The fourth-order valence-corrected chi connectivity index (χ4v) is 2.18. The van der Waals surface area contributed by atoms with Gasteiger partial charge in [-0.25, -0.2) is 4.98 Å². The highest BCUT2D eigenvalue weighted by molar-refractivity contribution is 7.13. The van der Waals surface area contributed by atoms with Gasteiger partial charge < -0.3 is 0 Å². The third-order valence-corrected chi connectivity index (χ3v) is 3.29. The van der Waals surface area contributed by atoms with Crippen LogP contribution in [0.1, 0.15) is 5.69 Å². The van der Waals surface area contributed by atoms with Gasteiger partial charge >= 0.3 is 0 Å². The first-order valence-corrected chi connectivity index (χ1v) is 6.10. The summed E-state index contributed by atoms with van der Waals surface area (Å²) in [7, 11) is 0. The van der Waals surface area contributed by atoms with Crippen LogP contribution in [-0.4, -0.2) is 20.2 Å². The maximum atomic E-state index is 4.46. The number of aryl methyl sites for hydroxylation is 1. The normalized spacial score (nSPS) is 10.6. The summed E-state index contributed by atoms with van der Waals surface area (Å²) in [5.74, 6) is 1.48. The van der Waals surface area contributed by atoms with Crippen LogP contribution in [0.15, 0.2) is 35.8 Å². The zero-order valence-corrected chi connectivity index (χ0v) is 10.0. The molecule has 0 saturated heterocycles. The number of H-pyrrole nitrogens is 1. The lowest BCUT2D eigenvalue weighted by atomic mass is 10.2. The van der Waals surface area contributed by atoms with Crippen molar-refractivity contribution in [3.8, 4) is 22.1 Å². The number of nitrogens with zero attached hydrogens (tertiary/aromatic N) is 3. The standard InChI is InChI=1S/C12H10N4S/c1-8-4-5-9(7-13-8)11-14-12(16-15-11)10-3-2-6-17-10/h2-7H,1H3,(H,14,15,16). The van der Waals surface area contributed by atoms with Crippen LogP contribution in [0.25, 0.3) is 22.1 Å². The topological polar surface area (TPSA) is 54.5 Å². The van der Waals surface area contributed by atoms with E-state index in [0.717, 1.165) is 22.0 Å². The van der Waals surface area contributed by atoms with Gasteiger partial charge in [-0.15, -0.1) is 11.3 Å². The van der Waals surface area contributed by atoms with Gasteiger partial charge in [0.05, 0.1) is 4.88 Å². The molecule has 0 saturated carbocycles. The number of hydrogen-bond acceptors (Lipinski definition) is 4. The number of thiophene rings is 1. The molecule has 0 unspecified atom stereocenters. The molecular formula is C12H10N4S. The molecular weight excluding hydrogens is 232 g/mol. The van der Waals surface area contributed by atoms with Gasteiger partial charge in [-0.05, 0) is 30.5 Å². The summed E-state index contributed by atoms with van der Waals surface area (Å²) in [6.45, 7) is 1.96. The molecule has 1 N–H and O–H groups in total. The van der Waals surface area contributed by atoms with E-state index in [2.05, 4.69) is 20.2 Å². The Labute approximate surface area is 102 Å². The minimum absolute atomic E-state index is 0.681. The van der Waals surface area contributed by atoms with Crippen LogP contribution in [0.4, 0.5) is 0 Å². The number of rotatable bonds is 2. The van der Waals surface area contributed by atoms with Crippen molar-refractivity contribution >= 4 is 11.3 Å². The molecule has 3 heterocycles. The third kappa shape index (κ3) is 1.97.